The quantitative estimate of drug-likeness (QED) is 0.362. The molecule has 0 unspecified atom stereocenters. The molecule has 0 spiro atoms. The molecule has 1 aromatic carbocycles. The molecule has 8 heteroatoms. The summed E-state index contributed by atoms with van der Waals surface area (Å²) in [7, 11) is 0. The highest BCUT2D eigenvalue weighted by Crippen LogP contribution is 2.21. The van der Waals surface area contributed by atoms with Gasteiger partial charge in [0.15, 0.2) is 5.11 Å². The van der Waals surface area contributed by atoms with Crippen LogP contribution in [-0.2, 0) is 6.61 Å². The molecule has 0 aliphatic carbocycles. The molecule has 0 saturated carbocycles. The van der Waals surface area contributed by atoms with E-state index in [1.165, 1.54) is 12.4 Å². The van der Waals surface area contributed by atoms with Crippen molar-refractivity contribution in [3.63, 3.8) is 0 Å². The number of rotatable bonds is 4. The van der Waals surface area contributed by atoms with Crippen molar-refractivity contribution in [3.8, 4) is 5.75 Å². The topological polar surface area (TPSA) is 89.8 Å². The zero-order valence-electron chi connectivity index (χ0n) is 12.2. The van der Waals surface area contributed by atoms with Gasteiger partial charge in [-0.05, 0) is 37.3 Å². The van der Waals surface area contributed by atoms with E-state index >= 15 is 0 Å². The Balaban J connectivity index is 2.04. The molecular formula is C15H15BrN4O2S. The third-order valence-electron chi connectivity index (χ3n) is 2.97. The van der Waals surface area contributed by atoms with E-state index in [2.05, 4.69) is 36.8 Å². The molecule has 4 N–H and O–H groups in total. The number of aryl methyl sites for hydroxylation is 1. The fourth-order valence-corrected chi connectivity index (χ4v) is 2.37. The molecule has 6 nitrogen and oxygen atoms in total. The van der Waals surface area contributed by atoms with E-state index in [-0.39, 0.29) is 12.4 Å². The highest BCUT2D eigenvalue weighted by molar-refractivity contribution is 9.10. The van der Waals surface area contributed by atoms with Crippen LogP contribution < -0.4 is 10.7 Å². The minimum Gasteiger partial charge on any atom is -0.505 e. The smallest absolute Gasteiger partial charge is 0.191 e. The molecule has 0 saturated heterocycles. The zero-order valence-corrected chi connectivity index (χ0v) is 14.6. The van der Waals surface area contributed by atoms with Crippen molar-refractivity contribution in [1.29, 1.82) is 0 Å². The van der Waals surface area contributed by atoms with Crippen LogP contribution in [0.25, 0.3) is 0 Å². The van der Waals surface area contributed by atoms with Gasteiger partial charge >= 0.3 is 0 Å². The van der Waals surface area contributed by atoms with Crippen molar-refractivity contribution in [3.05, 3.63) is 51.8 Å². The molecule has 23 heavy (non-hydrogen) atoms. The number of aliphatic hydroxyl groups excluding tert-OH is 1. The molecule has 120 valence electrons. The Morgan fingerprint density at radius 1 is 1.48 bits per heavy atom. The number of benzene rings is 1. The number of nitrogens with zero attached hydrogens (tertiary/aromatic N) is 2. The standard InChI is InChI=1S/C15H15BrN4O2S/c1-9-14(22)13(10(8-21)6-17-9)7-18-20-15(23)19-12-4-2-3-11(16)5-12/h2-7,21-22H,8H2,1H3,(H2,19,20,23)/b18-7+. The van der Waals surface area contributed by atoms with E-state index in [1.54, 1.807) is 6.92 Å². The number of pyridine rings is 1. The van der Waals surface area contributed by atoms with Crippen LogP contribution in [0.3, 0.4) is 0 Å². The third kappa shape index (κ3) is 4.72. The van der Waals surface area contributed by atoms with Gasteiger partial charge in [-0.2, -0.15) is 5.10 Å². The van der Waals surface area contributed by atoms with Crippen LogP contribution in [0.1, 0.15) is 16.8 Å². The van der Waals surface area contributed by atoms with E-state index < -0.39 is 0 Å². The second-order valence-corrected chi connectivity index (χ2v) is 5.95. The van der Waals surface area contributed by atoms with Gasteiger partial charge in [-0.3, -0.25) is 10.4 Å². The number of aliphatic hydroxyl groups is 1. The molecule has 1 aromatic heterocycles. The Labute approximate surface area is 147 Å². The van der Waals surface area contributed by atoms with Crippen LogP contribution in [0.2, 0.25) is 0 Å². The maximum Gasteiger partial charge on any atom is 0.191 e. The summed E-state index contributed by atoms with van der Waals surface area (Å²) in [5, 5.41) is 26.5. The molecule has 1 heterocycles. The molecule has 0 amide bonds. The summed E-state index contributed by atoms with van der Waals surface area (Å²) in [6, 6.07) is 7.53. The van der Waals surface area contributed by atoms with Crippen molar-refractivity contribution >= 4 is 45.2 Å². The SMILES string of the molecule is Cc1ncc(CO)c(/C=N/NC(=S)Nc2cccc(Br)c2)c1O. The van der Waals surface area contributed by atoms with Gasteiger partial charge in [0.2, 0.25) is 0 Å². The lowest BCUT2D eigenvalue weighted by atomic mass is 10.1. The van der Waals surface area contributed by atoms with Gasteiger partial charge in [0.25, 0.3) is 0 Å². The Hall–Kier alpha value is -2.03. The Morgan fingerprint density at radius 2 is 2.26 bits per heavy atom. The monoisotopic (exact) mass is 394 g/mol. The summed E-state index contributed by atoms with van der Waals surface area (Å²) in [5.41, 5.74) is 4.80. The second-order valence-electron chi connectivity index (χ2n) is 4.62. The van der Waals surface area contributed by atoms with Gasteiger partial charge in [0, 0.05) is 27.5 Å². The molecular weight excluding hydrogens is 380 g/mol. The average Bonchev–Trinajstić information content (AvgIpc) is 2.51. The number of aromatic nitrogens is 1. The highest BCUT2D eigenvalue weighted by Gasteiger charge is 2.09. The Bertz CT molecular complexity index is 752. The lowest BCUT2D eigenvalue weighted by molar-refractivity contribution is 0.280. The first kappa shape index (κ1) is 17.3. The molecule has 2 rings (SSSR count). The van der Waals surface area contributed by atoms with Crippen LogP contribution in [0.5, 0.6) is 5.75 Å². The van der Waals surface area contributed by atoms with Crippen LogP contribution in [-0.4, -0.2) is 26.5 Å². The predicted octanol–water partition coefficient (Wildman–Crippen LogP) is 2.67. The zero-order chi connectivity index (χ0) is 16.8. The molecule has 0 aliphatic rings. The molecule has 2 aromatic rings. The highest BCUT2D eigenvalue weighted by atomic mass is 79.9. The summed E-state index contributed by atoms with van der Waals surface area (Å²) in [5.74, 6) is -0.0204. The van der Waals surface area contributed by atoms with Gasteiger partial charge in [-0.1, -0.05) is 22.0 Å². The van der Waals surface area contributed by atoms with E-state index in [0.29, 0.717) is 21.9 Å². The second kappa shape index (κ2) is 8.00. The molecule has 0 atom stereocenters. The number of hydrazone groups is 1. The van der Waals surface area contributed by atoms with E-state index in [9.17, 15) is 10.2 Å². The van der Waals surface area contributed by atoms with Crippen LogP contribution in [0.15, 0.2) is 40.0 Å². The first-order valence-electron chi connectivity index (χ1n) is 6.65. The summed E-state index contributed by atoms with van der Waals surface area (Å²) >= 11 is 8.51. The first-order valence-corrected chi connectivity index (χ1v) is 7.85. The van der Waals surface area contributed by atoms with E-state index in [1.807, 2.05) is 24.3 Å². The lowest BCUT2D eigenvalue weighted by Crippen LogP contribution is -2.23. The van der Waals surface area contributed by atoms with E-state index in [4.69, 9.17) is 12.2 Å². The number of nitrogens with one attached hydrogen (secondary N) is 2. The normalized spacial score (nSPS) is 10.7. The third-order valence-corrected chi connectivity index (χ3v) is 3.66. The maximum absolute atomic E-state index is 9.99. The van der Waals surface area contributed by atoms with Crippen LogP contribution >= 0.6 is 28.1 Å². The fraction of sp³-hybridized carbons (Fsp3) is 0.133. The van der Waals surface area contributed by atoms with Crippen LogP contribution in [0, 0.1) is 6.92 Å². The number of aromatic hydroxyl groups is 1. The molecule has 0 fully saturated rings. The predicted molar refractivity (Wildman–Crippen MR) is 97.7 cm³/mol. The Kier molecular flexibility index (Phi) is 6.03. The molecule has 0 aliphatic heterocycles. The van der Waals surface area contributed by atoms with E-state index in [0.717, 1.165) is 10.2 Å². The fourth-order valence-electron chi connectivity index (χ4n) is 1.80. The summed E-state index contributed by atoms with van der Waals surface area (Å²) in [6.45, 7) is 1.42. The van der Waals surface area contributed by atoms with Crippen molar-refractivity contribution < 1.29 is 10.2 Å². The summed E-state index contributed by atoms with van der Waals surface area (Å²) in [6.07, 6.45) is 2.89. The lowest BCUT2D eigenvalue weighted by Gasteiger charge is -2.09. The number of hydrogen-bond acceptors (Lipinski definition) is 5. The Morgan fingerprint density at radius 3 is 2.96 bits per heavy atom. The number of halogens is 1. The van der Waals surface area contributed by atoms with Gasteiger partial charge < -0.3 is 15.5 Å². The van der Waals surface area contributed by atoms with Crippen molar-refractivity contribution in [2.75, 3.05) is 5.32 Å². The number of thiocarbonyl (C=S) groups is 1. The molecule has 0 bridgehead atoms. The van der Waals surface area contributed by atoms with Crippen molar-refractivity contribution in [2.24, 2.45) is 5.10 Å². The molecule has 0 radical (unpaired) electrons. The number of hydrogen-bond donors (Lipinski definition) is 4. The van der Waals surface area contributed by atoms with Gasteiger partial charge in [0.1, 0.15) is 5.75 Å². The minimum atomic E-state index is -0.247. The van der Waals surface area contributed by atoms with Crippen molar-refractivity contribution in [2.45, 2.75) is 13.5 Å². The average molecular weight is 395 g/mol. The first-order chi connectivity index (χ1) is 11.0. The maximum atomic E-state index is 9.99. The van der Waals surface area contributed by atoms with Gasteiger partial charge in [0.05, 0.1) is 18.5 Å². The van der Waals surface area contributed by atoms with Crippen LogP contribution in [0.4, 0.5) is 5.69 Å². The largest absolute Gasteiger partial charge is 0.505 e. The van der Waals surface area contributed by atoms with Gasteiger partial charge in [-0.25, -0.2) is 0 Å². The summed E-state index contributed by atoms with van der Waals surface area (Å²) < 4.78 is 0.929. The van der Waals surface area contributed by atoms with Crippen molar-refractivity contribution in [1.82, 2.24) is 10.4 Å². The summed E-state index contributed by atoms with van der Waals surface area (Å²) in [4.78, 5) is 3.98. The van der Waals surface area contributed by atoms with Gasteiger partial charge in [-0.15, -0.1) is 0 Å². The minimum absolute atomic E-state index is 0.0204. The number of anilines is 1.